The molecule has 1 unspecified atom stereocenters. The van der Waals surface area contributed by atoms with Crippen LogP contribution < -0.4 is 5.73 Å². The van der Waals surface area contributed by atoms with Crippen molar-refractivity contribution in [1.82, 2.24) is 4.90 Å². The molecule has 7 heteroatoms. The maximum Gasteiger partial charge on any atom is 0.301 e. The summed E-state index contributed by atoms with van der Waals surface area (Å²) in [5, 5.41) is 0. The summed E-state index contributed by atoms with van der Waals surface area (Å²) in [5.74, 6) is -0.566. The first-order valence-electron chi connectivity index (χ1n) is 6.41. The van der Waals surface area contributed by atoms with Crippen molar-refractivity contribution in [3.8, 4) is 0 Å². The lowest BCUT2D eigenvalue weighted by molar-refractivity contribution is -0.131. The second kappa shape index (κ2) is 7.17. The smallest absolute Gasteiger partial charge is 0.301 e. The number of likely N-dealkylation sites (tertiary alicyclic amines) is 1. The first kappa shape index (κ1) is 16.3. The van der Waals surface area contributed by atoms with Gasteiger partial charge in [0.15, 0.2) is 0 Å². The lowest BCUT2D eigenvalue weighted by atomic mass is 9.97. The van der Waals surface area contributed by atoms with Crippen LogP contribution in [0.25, 0.3) is 0 Å². The number of nitrogens with zero attached hydrogens (tertiary/aromatic N) is 1. The summed E-state index contributed by atoms with van der Waals surface area (Å²) in [6, 6.07) is 0. The fraction of sp³-hybridized carbons (Fsp3) is 0.833. The van der Waals surface area contributed by atoms with E-state index < -0.39 is 4.83 Å². The zero-order chi connectivity index (χ0) is 14.5. The Labute approximate surface area is 119 Å². The van der Waals surface area contributed by atoms with Crippen molar-refractivity contribution in [1.29, 1.82) is 0 Å². The molecule has 1 atom stereocenters. The standard InChI is InChI=1S/C12H19BrF2N2O2/c13-12(14,15)8-9-3-4-11(19)17(7-5-9)6-1-2-10(16)18/h9H,1-8H2,(H2,16,18). The molecule has 2 amide bonds. The Morgan fingerprint density at radius 1 is 1.47 bits per heavy atom. The Bertz CT molecular complexity index is 334. The van der Waals surface area contributed by atoms with E-state index in [1.54, 1.807) is 4.90 Å². The van der Waals surface area contributed by atoms with E-state index in [4.69, 9.17) is 5.73 Å². The van der Waals surface area contributed by atoms with Crippen molar-refractivity contribution in [2.24, 2.45) is 11.7 Å². The average molecular weight is 341 g/mol. The fourth-order valence-corrected chi connectivity index (χ4v) is 2.76. The van der Waals surface area contributed by atoms with Crippen LogP contribution >= 0.6 is 15.9 Å². The van der Waals surface area contributed by atoms with Gasteiger partial charge in [0, 0.05) is 32.4 Å². The summed E-state index contributed by atoms with van der Waals surface area (Å²) >= 11 is 2.34. The van der Waals surface area contributed by atoms with Crippen LogP contribution in [0.3, 0.4) is 0 Å². The highest BCUT2D eigenvalue weighted by molar-refractivity contribution is 9.09. The molecule has 0 bridgehead atoms. The van der Waals surface area contributed by atoms with Gasteiger partial charge in [0.25, 0.3) is 0 Å². The monoisotopic (exact) mass is 340 g/mol. The summed E-state index contributed by atoms with van der Waals surface area (Å²) < 4.78 is 25.8. The van der Waals surface area contributed by atoms with Crippen LogP contribution in [0, 0.1) is 5.92 Å². The molecule has 2 N–H and O–H groups in total. The summed E-state index contributed by atoms with van der Waals surface area (Å²) in [5.41, 5.74) is 5.03. The van der Waals surface area contributed by atoms with Gasteiger partial charge in [-0.2, -0.15) is 8.78 Å². The van der Waals surface area contributed by atoms with Crippen molar-refractivity contribution in [3.63, 3.8) is 0 Å². The van der Waals surface area contributed by atoms with Gasteiger partial charge in [-0.25, -0.2) is 0 Å². The Morgan fingerprint density at radius 3 is 2.74 bits per heavy atom. The number of carbonyl (C=O) groups excluding carboxylic acids is 2. The highest BCUT2D eigenvalue weighted by atomic mass is 79.9. The van der Waals surface area contributed by atoms with E-state index in [2.05, 4.69) is 15.9 Å². The van der Waals surface area contributed by atoms with E-state index >= 15 is 0 Å². The lowest BCUT2D eigenvalue weighted by Crippen LogP contribution is -2.32. The van der Waals surface area contributed by atoms with Crippen molar-refractivity contribution in [2.75, 3.05) is 13.1 Å². The van der Waals surface area contributed by atoms with Crippen LogP contribution in [0.1, 0.15) is 38.5 Å². The van der Waals surface area contributed by atoms with Gasteiger partial charge in [-0.3, -0.25) is 9.59 Å². The molecule has 0 aromatic heterocycles. The van der Waals surface area contributed by atoms with Crippen LogP contribution in [-0.2, 0) is 9.59 Å². The summed E-state index contributed by atoms with van der Waals surface area (Å²) in [6.07, 6.45) is 1.89. The zero-order valence-corrected chi connectivity index (χ0v) is 12.3. The molecule has 1 aliphatic heterocycles. The number of rotatable bonds is 6. The van der Waals surface area contributed by atoms with Gasteiger partial charge in [-0.1, -0.05) is 0 Å². The Kier molecular flexibility index (Phi) is 6.16. The van der Waals surface area contributed by atoms with Crippen LogP contribution in [0.4, 0.5) is 8.78 Å². The van der Waals surface area contributed by atoms with Crippen LogP contribution in [0.15, 0.2) is 0 Å². The predicted molar refractivity (Wildman–Crippen MR) is 70.8 cm³/mol. The van der Waals surface area contributed by atoms with Gasteiger partial charge >= 0.3 is 4.83 Å². The molecule has 0 aliphatic carbocycles. The van der Waals surface area contributed by atoms with E-state index in [-0.39, 0.29) is 30.6 Å². The third-order valence-electron chi connectivity index (χ3n) is 3.30. The Balaban J connectivity index is 2.41. The molecular formula is C12H19BrF2N2O2. The molecule has 19 heavy (non-hydrogen) atoms. The Morgan fingerprint density at radius 2 is 2.16 bits per heavy atom. The molecule has 1 saturated heterocycles. The van der Waals surface area contributed by atoms with Crippen LogP contribution in [0.5, 0.6) is 0 Å². The molecule has 1 fully saturated rings. The first-order valence-corrected chi connectivity index (χ1v) is 7.20. The quantitative estimate of drug-likeness (QED) is 0.754. The van der Waals surface area contributed by atoms with E-state index in [0.29, 0.717) is 38.8 Å². The normalized spacial score (nSPS) is 21.3. The van der Waals surface area contributed by atoms with Gasteiger partial charge < -0.3 is 10.6 Å². The summed E-state index contributed by atoms with van der Waals surface area (Å²) in [4.78, 5) is 21.2. The minimum atomic E-state index is -2.86. The van der Waals surface area contributed by atoms with Crippen LogP contribution in [0.2, 0.25) is 0 Å². The molecule has 1 aliphatic rings. The predicted octanol–water partition coefficient (Wildman–Crippen LogP) is 2.26. The number of nitrogens with two attached hydrogens (primary N) is 1. The number of primary amides is 1. The average Bonchev–Trinajstić information content (AvgIpc) is 2.41. The second-order valence-corrected chi connectivity index (χ2v) is 6.12. The SMILES string of the molecule is NC(=O)CCCN1CCC(CC(F)(F)Br)CCC1=O. The third kappa shape index (κ3) is 6.84. The van der Waals surface area contributed by atoms with Gasteiger partial charge in [0.05, 0.1) is 0 Å². The van der Waals surface area contributed by atoms with E-state index in [1.165, 1.54) is 0 Å². The van der Waals surface area contributed by atoms with E-state index in [1.807, 2.05) is 0 Å². The minimum absolute atomic E-state index is 0.0233. The summed E-state index contributed by atoms with van der Waals surface area (Å²) in [7, 11) is 0. The molecule has 1 rings (SSSR count). The fourth-order valence-electron chi connectivity index (χ4n) is 2.31. The lowest BCUT2D eigenvalue weighted by Gasteiger charge is -2.21. The molecular weight excluding hydrogens is 322 g/mol. The first-order chi connectivity index (χ1) is 8.78. The number of amides is 2. The van der Waals surface area contributed by atoms with Gasteiger partial charge in [0.1, 0.15) is 0 Å². The zero-order valence-electron chi connectivity index (χ0n) is 10.7. The van der Waals surface area contributed by atoms with Gasteiger partial charge in [0.2, 0.25) is 11.8 Å². The summed E-state index contributed by atoms with van der Waals surface area (Å²) in [6.45, 7) is 0.949. The van der Waals surface area contributed by atoms with Crippen molar-refractivity contribution in [2.45, 2.75) is 43.4 Å². The second-order valence-electron chi connectivity index (χ2n) is 4.96. The molecule has 0 radical (unpaired) electrons. The largest absolute Gasteiger partial charge is 0.370 e. The maximum atomic E-state index is 12.9. The van der Waals surface area contributed by atoms with Crippen LogP contribution in [-0.4, -0.2) is 34.6 Å². The maximum absolute atomic E-state index is 12.9. The number of halogens is 3. The number of alkyl halides is 3. The minimum Gasteiger partial charge on any atom is -0.370 e. The third-order valence-corrected chi connectivity index (χ3v) is 3.62. The van der Waals surface area contributed by atoms with Gasteiger partial charge in [-0.05, 0) is 41.1 Å². The number of hydrogen-bond acceptors (Lipinski definition) is 2. The van der Waals surface area contributed by atoms with Crippen molar-refractivity contribution < 1.29 is 18.4 Å². The molecule has 0 aromatic rings. The highest BCUT2D eigenvalue weighted by Crippen LogP contribution is 2.34. The molecule has 1 heterocycles. The van der Waals surface area contributed by atoms with E-state index in [0.717, 1.165) is 0 Å². The molecule has 0 aromatic carbocycles. The molecule has 0 spiro atoms. The van der Waals surface area contributed by atoms with Crippen molar-refractivity contribution in [3.05, 3.63) is 0 Å². The molecule has 110 valence electrons. The highest BCUT2D eigenvalue weighted by Gasteiger charge is 2.31. The Hall–Kier alpha value is -0.720. The number of hydrogen-bond donors (Lipinski definition) is 1. The molecule has 0 saturated carbocycles. The van der Waals surface area contributed by atoms with Crippen molar-refractivity contribution >= 4 is 27.7 Å². The number of carbonyl (C=O) groups is 2. The van der Waals surface area contributed by atoms with E-state index in [9.17, 15) is 18.4 Å². The van der Waals surface area contributed by atoms with Gasteiger partial charge in [-0.15, -0.1) is 0 Å². The molecule has 4 nitrogen and oxygen atoms in total. The topological polar surface area (TPSA) is 63.4 Å².